The Morgan fingerprint density at radius 2 is 1.87 bits per heavy atom. The largest absolute Gasteiger partial charge is 0.394 e. The standard InChI is InChI=1S/C6H16N4.H2O4S/c1-4-5-8-6(7)9-10(2)3;1-5(2,3)4/h4-5H2,1-3H3,(H3,7,8,9);(H2,1,2,3,4). The smallest absolute Gasteiger partial charge is 0.369 e. The Bertz CT molecular complexity index is 267. The lowest BCUT2D eigenvalue weighted by Crippen LogP contribution is -2.41. The summed E-state index contributed by atoms with van der Waals surface area (Å²) >= 11 is 0. The third kappa shape index (κ3) is 32.0. The molecule has 0 radical (unpaired) electrons. The molecule has 0 rings (SSSR count). The molecule has 0 heterocycles. The molecule has 15 heavy (non-hydrogen) atoms. The molecular weight excluding hydrogens is 224 g/mol. The zero-order chi connectivity index (χ0) is 12.5. The van der Waals surface area contributed by atoms with Crippen molar-refractivity contribution in [1.82, 2.24) is 10.4 Å². The first-order valence-corrected chi connectivity index (χ1v) is 5.50. The van der Waals surface area contributed by atoms with Crippen LogP contribution in [0.25, 0.3) is 0 Å². The van der Waals surface area contributed by atoms with E-state index >= 15 is 0 Å². The second-order valence-electron chi connectivity index (χ2n) is 2.72. The number of guanidine groups is 1. The van der Waals surface area contributed by atoms with Crippen LogP contribution >= 0.6 is 0 Å². The Balaban J connectivity index is 0. The van der Waals surface area contributed by atoms with Crippen LogP contribution in [0, 0.1) is 0 Å². The molecule has 0 atom stereocenters. The summed E-state index contributed by atoms with van der Waals surface area (Å²) in [5.41, 5.74) is 8.30. The number of nitrogens with one attached hydrogen (secondary N) is 1. The Morgan fingerprint density at radius 1 is 1.47 bits per heavy atom. The van der Waals surface area contributed by atoms with Gasteiger partial charge in [0.15, 0.2) is 0 Å². The van der Waals surface area contributed by atoms with Gasteiger partial charge in [-0.2, -0.15) is 8.42 Å². The van der Waals surface area contributed by atoms with E-state index < -0.39 is 10.4 Å². The first kappa shape index (κ1) is 16.5. The second-order valence-corrected chi connectivity index (χ2v) is 3.62. The lowest BCUT2D eigenvalue weighted by Gasteiger charge is -2.11. The van der Waals surface area contributed by atoms with E-state index in [2.05, 4.69) is 17.3 Å². The maximum Gasteiger partial charge on any atom is 0.394 e. The Labute approximate surface area is 89.7 Å². The van der Waals surface area contributed by atoms with Crippen molar-refractivity contribution in [2.24, 2.45) is 10.7 Å². The highest BCUT2D eigenvalue weighted by molar-refractivity contribution is 7.79. The lowest BCUT2D eigenvalue weighted by molar-refractivity contribution is 0.360. The summed E-state index contributed by atoms with van der Waals surface area (Å²) in [7, 11) is -0.928. The van der Waals surface area contributed by atoms with Gasteiger partial charge in [-0.05, 0) is 6.42 Å². The maximum atomic E-state index is 8.74. The zero-order valence-corrected chi connectivity index (χ0v) is 9.82. The molecule has 0 unspecified atom stereocenters. The molecule has 0 aromatic carbocycles. The summed E-state index contributed by atoms with van der Waals surface area (Å²) in [4.78, 5) is 4.02. The van der Waals surface area contributed by atoms with Crippen LogP contribution in [0.1, 0.15) is 13.3 Å². The van der Waals surface area contributed by atoms with Gasteiger partial charge >= 0.3 is 10.4 Å². The van der Waals surface area contributed by atoms with Gasteiger partial charge in [-0.3, -0.25) is 19.5 Å². The summed E-state index contributed by atoms with van der Waals surface area (Å²) in [6.07, 6.45) is 1.02. The van der Waals surface area contributed by atoms with Gasteiger partial charge in [0.25, 0.3) is 0 Å². The van der Waals surface area contributed by atoms with E-state index in [0.29, 0.717) is 5.96 Å². The van der Waals surface area contributed by atoms with Crippen LogP contribution < -0.4 is 11.2 Å². The number of aliphatic imine (C=N–C) groups is 1. The molecule has 92 valence electrons. The highest BCUT2D eigenvalue weighted by Gasteiger charge is 1.89. The predicted molar refractivity (Wildman–Crippen MR) is 57.8 cm³/mol. The minimum Gasteiger partial charge on any atom is -0.369 e. The van der Waals surface area contributed by atoms with Crippen molar-refractivity contribution in [3.63, 3.8) is 0 Å². The van der Waals surface area contributed by atoms with Gasteiger partial charge < -0.3 is 5.73 Å². The van der Waals surface area contributed by atoms with Crippen LogP contribution in [0.15, 0.2) is 4.99 Å². The Morgan fingerprint density at radius 3 is 2.13 bits per heavy atom. The van der Waals surface area contributed by atoms with Gasteiger partial charge in [-0.1, -0.05) is 6.92 Å². The van der Waals surface area contributed by atoms with Gasteiger partial charge in [-0.15, -0.1) is 0 Å². The van der Waals surface area contributed by atoms with Crippen LogP contribution in [0.5, 0.6) is 0 Å². The summed E-state index contributed by atoms with van der Waals surface area (Å²) in [6, 6.07) is 0. The number of nitrogens with two attached hydrogens (primary N) is 1. The maximum absolute atomic E-state index is 8.74. The van der Waals surface area contributed by atoms with Crippen LogP contribution in [0.2, 0.25) is 0 Å². The highest BCUT2D eigenvalue weighted by atomic mass is 32.3. The molecule has 9 heteroatoms. The van der Waals surface area contributed by atoms with Crippen molar-refractivity contribution in [3.8, 4) is 0 Å². The van der Waals surface area contributed by atoms with Crippen LogP contribution in [0.3, 0.4) is 0 Å². The van der Waals surface area contributed by atoms with E-state index in [9.17, 15) is 0 Å². The molecule has 8 nitrogen and oxygen atoms in total. The predicted octanol–water partition coefficient (Wildman–Crippen LogP) is -0.875. The van der Waals surface area contributed by atoms with Gasteiger partial charge in [0, 0.05) is 20.6 Å². The van der Waals surface area contributed by atoms with Gasteiger partial charge in [0.05, 0.1) is 0 Å². The molecule has 0 spiro atoms. The number of nitrogens with zero attached hydrogens (tertiary/aromatic N) is 2. The van der Waals surface area contributed by atoms with E-state index in [4.69, 9.17) is 23.3 Å². The number of rotatable bonds is 3. The van der Waals surface area contributed by atoms with Crippen LogP contribution in [0.4, 0.5) is 0 Å². The van der Waals surface area contributed by atoms with Crippen molar-refractivity contribution >= 4 is 16.4 Å². The quantitative estimate of drug-likeness (QED) is 0.219. The van der Waals surface area contributed by atoms with Crippen LogP contribution in [-0.2, 0) is 10.4 Å². The van der Waals surface area contributed by atoms with Gasteiger partial charge in [0.2, 0.25) is 5.96 Å². The van der Waals surface area contributed by atoms with Crippen LogP contribution in [-0.4, -0.2) is 49.1 Å². The fourth-order valence-electron chi connectivity index (χ4n) is 0.497. The molecule has 0 aromatic rings. The fourth-order valence-corrected chi connectivity index (χ4v) is 0.497. The third-order valence-corrected chi connectivity index (χ3v) is 0.844. The Hall–Kier alpha value is -0.900. The minimum absolute atomic E-state index is 0.479. The third-order valence-electron chi connectivity index (χ3n) is 0.844. The van der Waals surface area contributed by atoms with E-state index in [1.165, 1.54) is 0 Å². The van der Waals surface area contributed by atoms with Crippen molar-refractivity contribution in [1.29, 1.82) is 0 Å². The average Bonchev–Trinajstić information content (AvgIpc) is 1.96. The monoisotopic (exact) mass is 242 g/mol. The summed E-state index contributed by atoms with van der Waals surface area (Å²) in [5, 5.41) is 1.76. The van der Waals surface area contributed by atoms with E-state index in [1.807, 2.05) is 14.1 Å². The number of hydrogen-bond acceptors (Lipinski definition) is 4. The average molecular weight is 242 g/mol. The normalized spacial score (nSPS) is 12.0. The van der Waals surface area contributed by atoms with Gasteiger partial charge in [0.1, 0.15) is 0 Å². The van der Waals surface area contributed by atoms with Crippen molar-refractivity contribution in [2.75, 3.05) is 20.6 Å². The molecule has 0 aromatic heterocycles. The molecule has 0 saturated heterocycles. The Kier molecular flexibility index (Phi) is 9.27. The summed E-state index contributed by atoms with van der Waals surface area (Å²) in [5.74, 6) is 0.479. The molecular formula is C6H18N4O4S. The molecule has 0 amide bonds. The molecule has 5 N–H and O–H groups in total. The summed E-state index contributed by atoms with van der Waals surface area (Å²) < 4.78 is 31.6. The second kappa shape index (κ2) is 8.41. The molecule has 0 aliphatic carbocycles. The molecule has 0 bridgehead atoms. The van der Waals surface area contributed by atoms with Crippen molar-refractivity contribution in [3.05, 3.63) is 0 Å². The first-order chi connectivity index (χ1) is 6.66. The van der Waals surface area contributed by atoms with Gasteiger partial charge in [-0.25, -0.2) is 5.01 Å². The SMILES string of the molecule is CCCN=C(N)NN(C)C.O=S(=O)(O)O. The van der Waals surface area contributed by atoms with Crippen molar-refractivity contribution in [2.45, 2.75) is 13.3 Å². The molecule has 0 aliphatic rings. The molecule has 0 aliphatic heterocycles. The fraction of sp³-hybridized carbons (Fsp3) is 0.833. The van der Waals surface area contributed by atoms with E-state index in [-0.39, 0.29) is 0 Å². The first-order valence-electron chi connectivity index (χ1n) is 4.10. The topological polar surface area (TPSA) is 128 Å². The lowest BCUT2D eigenvalue weighted by atomic mass is 10.5. The number of hydrogen-bond donors (Lipinski definition) is 4. The highest BCUT2D eigenvalue weighted by Crippen LogP contribution is 1.76. The summed E-state index contributed by atoms with van der Waals surface area (Å²) in [6.45, 7) is 2.85. The van der Waals surface area contributed by atoms with Crippen molar-refractivity contribution < 1.29 is 17.5 Å². The molecule has 0 fully saturated rings. The number of hydrazine groups is 1. The zero-order valence-electron chi connectivity index (χ0n) is 9.01. The van der Waals surface area contributed by atoms with E-state index in [0.717, 1.165) is 13.0 Å². The van der Waals surface area contributed by atoms with E-state index in [1.54, 1.807) is 5.01 Å². The minimum atomic E-state index is -4.67. The molecule has 0 saturated carbocycles.